The summed E-state index contributed by atoms with van der Waals surface area (Å²) in [5.41, 5.74) is 0.499. The molecule has 0 spiro atoms. The van der Waals surface area contributed by atoms with Crippen molar-refractivity contribution in [2.45, 2.75) is 6.92 Å². The molecule has 0 aliphatic rings. The van der Waals surface area contributed by atoms with Gasteiger partial charge in [0.15, 0.2) is 0 Å². The van der Waals surface area contributed by atoms with E-state index in [-0.39, 0.29) is 11.8 Å². The van der Waals surface area contributed by atoms with Crippen molar-refractivity contribution < 1.29 is 9.59 Å². The van der Waals surface area contributed by atoms with E-state index in [2.05, 4.69) is 10.3 Å². The minimum absolute atomic E-state index is 0.121. The molecule has 0 unspecified atom stereocenters. The highest BCUT2D eigenvalue weighted by Crippen LogP contribution is 2.08. The summed E-state index contributed by atoms with van der Waals surface area (Å²) in [6.45, 7) is 1.39. The Kier molecular flexibility index (Phi) is 3.38. The van der Waals surface area contributed by atoms with E-state index in [1.165, 1.54) is 18.0 Å². The van der Waals surface area contributed by atoms with E-state index >= 15 is 0 Å². The van der Waals surface area contributed by atoms with Gasteiger partial charge in [-0.05, 0) is 12.1 Å². The van der Waals surface area contributed by atoms with E-state index in [4.69, 9.17) is 0 Å². The summed E-state index contributed by atoms with van der Waals surface area (Å²) in [6, 6.07) is 3.15. The maximum Gasteiger partial charge on any atom is 0.253 e. The summed E-state index contributed by atoms with van der Waals surface area (Å²) in [5.74, 6) is 0.0520. The zero-order valence-corrected chi connectivity index (χ0v) is 8.94. The zero-order chi connectivity index (χ0) is 11.4. The van der Waals surface area contributed by atoms with Gasteiger partial charge >= 0.3 is 0 Å². The lowest BCUT2D eigenvalue weighted by Gasteiger charge is -2.10. The number of pyridine rings is 1. The molecule has 1 rings (SSSR count). The van der Waals surface area contributed by atoms with Gasteiger partial charge in [-0.3, -0.25) is 9.59 Å². The lowest BCUT2D eigenvalue weighted by atomic mass is 10.2. The van der Waals surface area contributed by atoms with E-state index in [9.17, 15) is 9.59 Å². The molecule has 0 fully saturated rings. The quantitative estimate of drug-likeness (QED) is 0.778. The van der Waals surface area contributed by atoms with Crippen LogP contribution in [0.5, 0.6) is 0 Å². The van der Waals surface area contributed by atoms with Gasteiger partial charge in [0.05, 0.1) is 0 Å². The maximum absolute atomic E-state index is 11.6. The number of carbonyl (C=O) groups excluding carboxylic acids is 2. The molecule has 0 aliphatic heterocycles. The van der Waals surface area contributed by atoms with Crippen LogP contribution in [0.3, 0.4) is 0 Å². The standard InChI is InChI=1S/C10H13N3O2/c1-7(14)12-9-6-8(4-5-11-9)10(15)13(2)3/h4-6H,1-3H3,(H,11,12,14). The molecular weight excluding hydrogens is 194 g/mol. The van der Waals surface area contributed by atoms with Gasteiger partial charge in [-0.25, -0.2) is 4.98 Å². The van der Waals surface area contributed by atoms with Crippen LogP contribution in [-0.4, -0.2) is 35.8 Å². The number of carbonyl (C=O) groups is 2. The molecule has 0 atom stereocenters. The predicted molar refractivity (Wildman–Crippen MR) is 56.6 cm³/mol. The van der Waals surface area contributed by atoms with Crippen LogP contribution in [0.2, 0.25) is 0 Å². The normalized spacial score (nSPS) is 9.53. The summed E-state index contributed by atoms with van der Waals surface area (Å²) in [5, 5.41) is 2.52. The zero-order valence-electron chi connectivity index (χ0n) is 8.94. The number of nitrogens with zero attached hydrogens (tertiary/aromatic N) is 2. The van der Waals surface area contributed by atoms with Gasteiger partial charge in [0.25, 0.3) is 5.91 Å². The van der Waals surface area contributed by atoms with Crippen LogP contribution in [0.15, 0.2) is 18.3 Å². The highest BCUT2D eigenvalue weighted by atomic mass is 16.2. The molecule has 0 saturated carbocycles. The number of amides is 2. The van der Waals surface area contributed by atoms with Gasteiger partial charge in [-0.2, -0.15) is 0 Å². The van der Waals surface area contributed by atoms with Crippen LogP contribution in [0.4, 0.5) is 5.82 Å². The second-order valence-electron chi connectivity index (χ2n) is 3.31. The van der Waals surface area contributed by atoms with Crippen molar-refractivity contribution in [3.05, 3.63) is 23.9 Å². The molecule has 80 valence electrons. The number of nitrogens with one attached hydrogen (secondary N) is 1. The van der Waals surface area contributed by atoms with Crippen molar-refractivity contribution in [3.63, 3.8) is 0 Å². The molecule has 0 aromatic carbocycles. The topological polar surface area (TPSA) is 62.3 Å². The van der Waals surface area contributed by atoms with Gasteiger partial charge < -0.3 is 10.2 Å². The van der Waals surface area contributed by atoms with Crippen LogP contribution in [-0.2, 0) is 4.79 Å². The summed E-state index contributed by atoms with van der Waals surface area (Å²) in [6.07, 6.45) is 1.49. The second-order valence-corrected chi connectivity index (χ2v) is 3.31. The molecule has 0 radical (unpaired) electrons. The number of anilines is 1. The van der Waals surface area contributed by atoms with Crippen molar-refractivity contribution in [2.24, 2.45) is 0 Å². The minimum atomic E-state index is -0.211. The summed E-state index contributed by atoms with van der Waals surface area (Å²) in [7, 11) is 3.33. The molecule has 5 heteroatoms. The molecule has 1 N–H and O–H groups in total. The summed E-state index contributed by atoms with van der Waals surface area (Å²) < 4.78 is 0. The fourth-order valence-electron chi connectivity index (χ4n) is 1.07. The predicted octanol–water partition coefficient (Wildman–Crippen LogP) is 0.742. The summed E-state index contributed by atoms with van der Waals surface area (Å²) >= 11 is 0. The first kappa shape index (κ1) is 11.2. The molecule has 0 aliphatic carbocycles. The molecular formula is C10H13N3O2. The van der Waals surface area contributed by atoms with Crippen molar-refractivity contribution in [3.8, 4) is 0 Å². The fourth-order valence-corrected chi connectivity index (χ4v) is 1.07. The van der Waals surface area contributed by atoms with E-state index in [0.29, 0.717) is 11.4 Å². The number of hydrogen-bond donors (Lipinski definition) is 1. The Hall–Kier alpha value is -1.91. The van der Waals surface area contributed by atoms with Crippen LogP contribution in [0.25, 0.3) is 0 Å². The Balaban J connectivity index is 2.92. The highest BCUT2D eigenvalue weighted by Gasteiger charge is 2.08. The Morgan fingerprint density at radius 3 is 2.60 bits per heavy atom. The molecule has 5 nitrogen and oxygen atoms in total. The smallest absolute Gasteiger partial charge is 0.253 e. The van der Waals surface area contributed by atoms with E-state index < -0.39 is 0 Å². The minimum Gasteiger partial charge on any atom is -0.345 e. The third kappa shape index (κ3) is 3.05. The number of aromatic nitrogens is 1. The average Bonchev–Trinajstić information content (AvgIpc) is 2.16. The fraction of sp³-hybridized carbons (Fsp3) is 0.300. The third-order valence-corrected chi connectivity index (χ3v) is 1.72. The first-order chi connectivity index (χ1) is 7.00. The molecule has 1 heterocycles. The highest BCUT2D eigenvalue weighted by molar-refractivity contribution is 5.95. The molecule has 1 aromatic rings. The lowest BCUT2D eigenvalue weighted by molar-refractivity contribution is -0.114. The molecule has 0 bridgehead atoms. The van der Waals surface area contributed by atoms with Crippen LogP contribution in [0, 0.1) is 0 Å². The van der Waals surface area contributed by atoms with Crippen LogP contribution < -0.4 is 5.32 Å². The van der Waals surface area contributed by atoms with Gasteiger partial charge in [0.2, 0.25) is 5.91 Å². The first-order valence-corrected chi connectivity index (χ1v) is 4.46. The van der Waals surface area contributed by atoms with Gasteiger partial charge in [-0.1, -0.05) is 0 Å². The Bertz CT molecular complexity index is 388. The second kappa shape index (κ2) is 4.54. The SMILES string of the molecule is CC(=O)Nc1cc(C(=O)N(C)C)ccn1. The Morgan fingerprint density at radius 2 is 2.07 bits per heavy atom. The third-order valence-electron chi connectivity index (χ3n) is 1.72. The molecule has 0 saturated heterocycles. The van der Waals surface area contributed by atoms with Gasteiger partial charge in [0, 0.05) is 32.8 Å². The van der Waals surface area contributed by atoms with Crippen molar-refractivity contribution in [1.82, 2.24) is 9.88 Å². The van der Waals surface area contributed by atoms with Crippen molar-refractivity contribution in [1.29, 1.82) is 0 Å². The van der Waals surface area contributed by atoms with E-state index in [1.807, 2.05) is 0 Å². The summed E-state index contributed by atoms with van der Waals surface area (Å²) in [4.78, 5) is 27.7. The molecule has 2 amide bonds. The average molecular weight is 207 g/mol. The Morgan fingerprint density at radius 1 is 1.40 bits per heavy atom. The number of hydrogen-bond acceptors (Lipinski definition) is 3. The van der Waals surface area contributed by atoms with Crippen LogP contribution in [0.1, 0.15) is 17.3 Å². The van der Waals surface area contributed by atoms with Gasteiger partial charge in [-0.15, -0.1) is 0 Å². The number of rotatable bonds is 2. The Labute approximate surface area is 88.1 Å². The first-order valence-electron chi connectivity index (χ1n) is 4.46. The van der Waals surface area contributed by atoms with Crippen molar-refractivity contribution >= 4 is 17.6 Å². The van der Waals surface area contributed by atoms with Gasteiger partial charge in [0.1, 0.15) is 5.82 Å². The monoisotopic (exact) mass is 207 g/mol. The maximum atomic E-state index is 11.6. The van der Waals surface area contributed by atoms with Crippen molar-refractivity contribution in [2.75, 3.05) is 19.4 Å². The molecule has 15 heavy (non-hydrogen) atoms. The van der Waals surface area contributed by atoms with Crippen LogP contribution >= 0.6 is 0 Å². The lowest BCUT2D eigenvalue weighted by Crippen LogP contribution is -2.22. The van der Waals surface area contributed by atoms with E-state index in [0.717, 1.165) is 0 Å². The molecule has 1 aromatic heterocycles. The van der Waals surface area contributed by atoms with E-state index in [1.54, 1.807) is 26.2 Å². The largest absolute Gasteiger partial charge is 0.345 e.